The molecule has 0 N–H and O–H groups in total. The summed E-state index contributed by atoms with van der Waals surface area (Å²) in [7, 11) is 0. The van der Waals surface area contributed by atoms with Gasteiger partial charge in [0.2, 0.25) is 11.8 Å². The molecule has 1 fully saturated rings. The van der Waals surface area contributed by atoms with Crippen LogP contribution in [0.2, 0.25) is 0 Å². The van der Waals surface area contributed by atoms with E-state index in [1.165, 1.54) is 11.1 Å². The molecule has 0 saturated carbocycles. The molecule has 0 bridgehead atoms. The molecule has 2 heterocycles. The van der Waals surface area contributed by atoms with E-state index in [2.05, 4.69) is 91.0 Å². The largest absolute Gasteiger partial charge is 0.339 e. The zero-order valence-corrected chi connectivity index (χ0v) is 26.4. The minimum Gasteiger partial charge on any atom is -0.339 e. The molecule has 2 amide bonds. The molecule has 2 unspecified atom stereocenters. The Bertz CT molecular complexity index is 1520. The number of rotatable bonds is 10. The first-order valence-electron chi connectivity index (χ1n) is 15.2. The van der Waals surface area contributed by atoms with E-state index >= 15 is 0 Å². The van der Waals surface area contributed by atoms with Gasteiger partial charge in [-0.3, -0.25) is 14.2 Å². The Morgan fingerprint density at radius 1 is 0.907 bits per heavy atom. The topological polar surface area (TPSA) is 71.3 Å². The summed E-state index contributed by atoms with van der Waals surface area (Å²) in [6.45, 7) is 9.99. The summed E-state index contributed by atoms with van der Waals surface area (Å²) in [5.74, 6) is 1.73. The van der Waals surface area contributed by atoms with Crippen molar-refractivity contribution >= 4 is 23.6 Å². The van der Waals surface area contributed by atoms with Crippen molar-refractivity contribution in [2.45, 2.75) is 64.1 Å². The molecule has 5 rings (SSSR count). The number of carbonyl (C=O) groups excluding carboxylic acids is 2. The van der Waals surface area contributed by atoms with Crippen LogP contribution in [0.15, 0.2) is 84.0 Å². The second kappa shape index (κ2) is 14.0. The molecule has 0 aliphatic carbocycles. The third kappa shape index (κ3) is 7.19. The summed E-state index contributed by atoms with van der Waals surface area (Å²) in [5.41, 5.74) is 5.49. The van der Waals surface area contributed by atoms with E-state index in [0.29, 0.717) is 26.1 Å². The predicted molar refractivity (Wildman–Crippen MR) is 173 cm³/mol. The number of carbonyl (C=O) groups is 2. The Morgan fingerprint density at radius 2 is 1.58 bits per heavy atom. The van der Waals surface area contributed by atoms with E-state index < -0.39 is 0 Å². The SMILES string of the molecule is CCC(C(=O)N1CCN(C(=O)CCCSc2nnc(-c3ccc(C)cc3)n2-c2ccc(C)cc2)CC1C)c1ccccc1. The van der Waals surface area contributed by atoms with Gasteiger partial charge in [0, 0.05) is 49.1 Å². The van der Waals surface area contributed by atoms with E-state index in [1.807, 2.05) is 40.1 Å². The van der Waals surface area contributed by atoms with Gasteiger partial charge in [0.15, 0.2) is 11.0 Å². The van der Waals surface area contributed by atoms with E-state index in [0.717, 1.165) is 46.4 Å². The first-order chi connectivity index (χ1) is 20.9. The molecule has 0 spiro atoms. The van der Waals surface area contributed by atoms with Crippen molar-refractivity contribution in [3.63, 3.8) is 0 Å². The molecule has 224 valence electrons. The van der Waals surface area contributed by atoms with Gasteiger partial charge in [-0.05, 0) is 51.3 Å². The van der Waals surface area contributed by atoms with E-state index in [-0.39, 0.29) is 23.8 Å². The van der Waals surface area contributed by atoms with Crippen LogP contribution < -0.4 is 0 Å². The minimum atomic E-state index is -0.142. The summed E-state index contributed by atoms with van der Waals surface area (Å²) in [6.07, 6.45) is 1.97. The summed E-state index contributed by atoms with van der Waals surface area (Å²) < 4.78 is 2.10. The molecule has 0 radical (unpaired) electrons. The number of amides is 2. The fourth-order valence-electron chi connectivity index (χ4n) is 5.67. The molecule has 3 aromatic carbocycles. The molecule has 2 atom stereocenters. The van der Waals surface area contributed by atoms with Crippen molar-refractivity contribution in [2.24, 2.45) is 0 Å². The Morgan fingerprint density at radius 3 is 2.23 bits per heavy atom. The van der Waals surface area contributed by atoms with Crippen molar-refractivity contribution in [3.8, 4) is 17.1 Å². The quantitative estimate of drug-likeness (QED) is 0.151. The van der Waals surface area contributed by atoms with Crippen LogP contribution in [-0.4, -0.2) is 67.8 Å². The lowest BCUT2D eigenvalue weighted by molar-refractivity contribution is -0.143. The Balaban J connectivity index is 1.17. The van der Waals surface area contributed by atoms with Crippen LogP contribution in [0, 0.1) is 13.8 Å². The van der Waals surface area contributed by atoms with Gasteiger partial charge >= 0.3 is 0 Å². The smallest absolute Gasteiger partial charge is 0.230 e. The number of aryl methyl sites for hydroxylation is 2. The highest BCUT2D eigenvalue weighted by Gasteiger charge is 2.33. The highest BCUT2D eigenvalue weighted by molar-refractivity contribution is 7.99. The Labute approximate surface area is 259 Å². The van der Waals surface area contributed by atoms with Gasteiger partial charge < -0.3 is 9.80 Å². The van der Waals surface area contributed by atoms with Crippen molar-refractivity contribution in [1.29, 1.82) is 0 Å². The second-order valence-corrected chi connectivity index (χ2v) is 12.4. The van der Waals surface area contributed by atoms with E-state index in [1.54, 1.807) is 11.8 Å². The van der Waals surface area contributed by atoms with Crippen LogP contribution >= 0.6 is 11.8 Å². The number of piperazine rings is 1. The summed E-state index contributed by atoms with van der Waals surface area (Å²) in [4.78, 5) is 30.5. The van der Waals surface area contributed by atoms with Crippen LogP contribution in [0.3, 0.4) is 0 Å². The maximum atomic E-state index is 13.4. The number of hydrogen-bond donors (Lipinski definition) is 0. The molecule has 1 saturated heterocycles. The van der Waals surface area contributed by atoms with E-state index in [4.69, 9.17) is 0 Å². The van der Waals surface area contributed by atoms with Crippen LogP contribution in [0.5, 0.6) is 0 Å². The maximum absolute atomic E-state index is 13.4. The number of aromatic nitrogens is 3. The summed E-state index contributed by atoms with van der Waals surface area (Å²) >= 11 is 1.63. The molecular weight excluding hydrogens is 554 g/mol. The molecule has 43 heavy (non-hydrogen) atoms. The molecule has 8 heteroatoms. The lowest BCUT2D eigenvalue weighted by Gasteiger charge is -2.41. The van der Waals surface area contributed by atoms with Gasteiger partial charge in [-0.15, -0.1) is 10.2 Å². The Kier molecular flexibility index (Phi) is 9.97. The van der Waals surface area contributed by atoms with Crippen molar-refractivity contribution in [3.05, 3.63) is 95.6 Å². The van der Waals surface area contributed by atoms with Crippen LogP contribution in [0.25, 0.3) is 17.1 Å². The van der Waals surface area contributed by atoms with Gasteiger partial charge in [-0.2, -0.15) is 0 Å². The maximum Gasteiger partial charge on any atom is 0.230 e. The lowest BCUT2D eigenvalue weighted by Crippen LogP contribution is -2.56. The number of thioether (sulfide) groups is 1. The lowest BCUT2D eigenvalue weighted by atomic mass is 9.94. The second-order valence-electron chi connectivity index (χ2n) is 11.4. The highest BCUT2D eigenvalue weighted by atomic mass is 32.2. The predicted octanol–water partition coefficient (Wildman–Crippen LogP) is 6.68. The number of hydrogen-bond acceptors (Lipinski definition) is 5. The zero-order chi connectivity index (χ0) is 30.3. The molecule has 7 nitrogen and oxygen atoms in total. The van der Waals surface area contributed by atoms with Crippen LogP contribution in [-0.2, 0) is 9.59 Å². The van der Waals surface area contributed by atoms with Crippen molar-refractivity contribution in [2.75, 3.05) is 25.4 Å². The molecular formula is C35H41N5O2S. The van der Waals surface area contributed by atoms with Crippen molar-refractivity contribution in [1.82, 2.24) is 24.6 Å². The highest BCUT2D eigenvalue weighted by Crippen LogP contribution is 2.29. The molecule has 1 aliphatic rings. The third-order valence-corrected chi connectivity index (χ3v) is 9.19. The third-order valence-electron chi connectivity index (χ3n) is 8.17. The molecule has 4 aromatic rings. The zero-order valence-electron chi connectivity index (χ0n) is 25.6. The average molecular weight is 596 g/mol. The molecule has 1 aromatic heterocycles. The normalized spacial score (nSPS) is 15.9. The average Bonchev–Trinajstić information content (AvgIpc) is 3.44. The van der Waals surface area contributed by atoms with Gasteiger partial charge in [0.1, 0.15) is 0 Å². The monoisotopic (exact) mass is 595 g/mol. The minimum absolute atomic E-state index is 0.00871. The van der Waals surface area contributed by atoms with Gasteiger partial charge in [-0.25, -0.2) is 0 Å². The number of nitrogens with zero attached hydrogens (tertiary/aromatic N) is 5. The first-order valence-corrected chi connectivity index (χ1v) is 16.2. The Hall–Kier alpha value is -3.91. The van der Waals surface area contributed by atoms with Crippen LogP contribution in [0.4, 0.5) is 0 Å². The molecule has 1 aliphatic heterocycles. The first kappa shape index (κ1) is 30.5. The summed E-state index contributed by atoms with van der Waals surface area (Å²) in [5, 5.41) is 9.91. The number of benzene rings is 3. The van der Waals surface area contributed by atoms with Crippen molar-refractivity contribution < 1.29 is 9.59 Å². The van der Waals surface area contributed by atoms with Crippen LogP contribution in [0.1, 0.15) is 55.7 Å². The van der Waals surface area contributed by atoms with Gasteiger partial charge in [0.05, 0.1) is 5.92 Å². The fourth-order valence-corrected chi connectivity index (χ4v) is 6.57. The summed E-state index contributed by atoms with van der Waals surface area (Å²) in [6, 6.07) is 26.7. The fraction of sp³-hybridized carbons (Fsp3) is 0.371. The van der Waals surface area contributed by atoms with Gasteiger partial charge in [-0.1, -0.05) is 96.5 Å². The van der Waals surface area contributed by atoms with Gasteiger partial charge in [0.25, 0.3) is 0 Å². The van der Waals surface area contributed by atoms with E-state index in [9.17, 15) is 9.59 Å². The standard InChI is InChI=1S/C35H41N5O2S/c1-5-31(28-10-7-6-8-11-28)34(42)39-22-21-38(24-27(39)4)32(41)12-9-23-43-35-37-36-33(29-17-13-25(2)14-18-29)40(35)30-19-15-26(3)16-20-30/h6-8,10-11,13-20,27,31H,5,9,12,21-24H2,1-4H3.